The molecule has 1 amide bonds. The van der Waals surface area contributed by atoms with Crippen molar-refractivity contribution in [1.29, 1.82) is 0 Å². The van der Waals surface area contributed by atoms with Crippen molar-refractivity contribution in [3.8, 4) is 0 Å². The minimum atomic E-state index is -0.590. The summed E-state index contributed by atoms with van der Waals surface area (Å²) in [6, 6.07) is 0. The number of hydrogen-bond acceptors (Lipinski definition) is 3. The van der Waals surface area contributed by atoms with E-state index in [0.717, 1.165) is 58.3 Å². The second kappa shape index (κ2) is 7.74. The van der Waals surface area contributed by atoms with E-state index < -0.39 is 5.54 Å². The Morgan fingerprint density at radius 2 is 1.83 bits per heavy atom. The van der Waals surface area contributed by atoms with E-state index in [9.17, 15) is 4.79 Å². The molecule has 1 fully saturated rings. The Morgan fingerprint density at radius 3 is 2.39 bits per heavy atom. The SMILES string of the molecule is CCN(CC)CCCNC(=O)C1(N)CCCCC1. The zero-order valence-electron chi connectivity index (χ0n) is 12.0. The highest BCUT2D eigenvalue weighted by Gasteiger charge is 2.34. The summed E-state index contributed by atoms with van der Waals surface area (Å²) < 4.78 is 0. The molecule has 0 aliphatic heterocycles. The van der Waals surface area contributed by atoms with Gasteiger partial charge in [0.15, 0.2) is 0 Å². The molecule has 0 bridgehead atoms. The van der Waals surface area contributed by atoms with Crippen molar-refractivity contribution in [3.05, 3.63) is 0 Å². The van der Waals surface area contributed by atoms with Gasteiger partial charge in [0.1, 0.15) is 0 Å². The molecule has 0 heterocycles. The van der Waals surface area contributed by atoms with Crippen molar-refractivity contribution < 1.29 is 4.79 Å². The van der Waals surface area contributed by atoms with E-state index in [1.165, 1.54) is 6.42 Å². The van der Waals surface area contributed by atoms with Gasteiger partial charge < -0.3 is 16.0 Å². The van der Waals surface area contributed by atoms with Gasteiger partial charge in [-0.2, -0.15) is 0 Å². The lowest BCUT2D eigenvalue weighted by Gasteiger charge is -2.31. The van der Waals surface area contributed by atoms with Crippen LogP contribution in [0.5, 0.6) is 0 Å². The summed E-state index contributed by atoms with van der Waals surface area (Å²) in [5.74, 6) is 0.0572. The Labute approximate surface area is 111 Å². The van der Waals surface area contributed by atoms with Gasteiger partial charge in [-0.3, -0.25) is 4.79 Å². The second-order valence-electron chi connectivity index (χ2n) is 5.35. The van der Waals surface area contributed by atoms with Crippen molar-refractivity contribution in [2.45, 2.75) is 57.9 Å². The molecular weight excluding hydrogens is 226 g/mol. The number of carbonyl (C=O) groups excluding carboxylic acids is 1. The van der Waals surface area contributed by atoms with Gasteiger partial charge in [0.05, 0.1) is 5.54 Å². The van der Waals surface area contributed by atoms with E-state index in [2.05, 4.69) is 24.1 Å². The smallest absolute Gasteiger partial charge is 0.240 e. The van der Waals surface area contributed by atoms with Crippen LogP contribution < -0.4 is 11.1 Å². The third-order valence-corrected chi connectivity index (χ3v) is 4.03. The molecule has 0 radical (unpaired) electrons. The molecule has 4 nitrogen and oxygen atoms in total. The van der Waals surface area contributed by atoms with E-state index >= 15 is 0 Å². The zero-order chi connectivity index (χ0) is 13.4. The molecule has 0 aromatic heterocycles. The van der Waals surface area contributed by atoms with Gasteiger partial charge in [-0.1, -0.05) is 33.1 Å². The van der Waals surface area contributed by atoms with Crippen LogP contribution in [0.4, 0.5) is 0 Å². The highest BCUT2D eigenvalue weighted by atomic mass is 16.2. The normalized spacial score (nSPS) is 18.9. The lowest BCUT2D eigenvalue weighted by atomic mass is 9.82. The van der Waals surface area contributed by atoms with Crippen molar-refractivity contribution in [1.82, 2.24) is 10.2 Å². The zero-order valence-corrected chi connectivity index (χ0v) is 12.0. The molecule has 0 unspecified atom stereocenters. The van der Waals surface area contributed by atoms with Crippen molar-refractivity contribution in [2.75, 3.05) is 26.2 Å². The lowest BCUT2D eigenvalue weighted by molar-refractivity contribution is -0.127. The summed E-state index contributed by atoms with van der Waals surface area (Å²) in [7, 11) is 0. The standard InChI is InChI=1S/C14H29N3O/c1-3-17(4-2)12-8-11-16-13(18)14(15)9-6-5-7-10-14/h3-12,15H2,1-2H3,(H,16,18). The van der Waals surface area contributed by atoms with Gasteiger partial charge in [-0.05, 0) is 38.9 Å². The highest BCUT2D eigenvalue weighted by Crippen LogP contribution is 2.25. The first kappa shape index (κ1) is 15.4. The minimum Gasteiger partial charge on any atom is -0.354 e. The summed E-state index contributed by atoms with van der Waals surface area (Å²) >= 11 is 0. The predicted molar refractivity (Wildman–Crippen MR) is 75.4 cm³/mol. The van der Waals surface area contributed by atoms with Crippen LogP contribution >= 0.6 is 0 Å². The van der Waals surface area contributed by atoms with Crippen LogP contribution in [0.3, 0.4) is 0 Å². The van der Waals surface area contributed by atoms with E-state index in [-0.39, 0.29) is 5.91 Å². The molecule has 1 saturated carbocycles. The summed E-state index contributed by atoms with van der Waals surface area (Å²) in [5.41, 5.74) is 5.58. The van der Waals surface area contributed by atoms with Gasteiger partial charge >= 0.3 is 0 Å². The van der Waals surface area contributed by atoms with E-state index in [1.54, 1.807) is 0 Å². The first-order valence-electron chi connectivity index (χ1n) is 7.42. The van der Waals surface area contributed by atoms with E-state index in [0.29, 0.717) is 0 Å². The molecule has 3 N–H and O–H groups in total. The first-order valence-corrected chi connectivity index (χ1v) is 7.42. The maximum absolute atomic E-state index is 12.1. The number of carbonyl (C=O) groups is 1. The molecule has 1 aliphatic rings. The Hall–Kier alpha value is -0.610. The van der Waals surface area contributed by atoms with Gasteiger partial charge in [-0.15, -0.1) is 0 Å². The van der Waals surface area contributed by atoms with Crippen molar-refractivity contribution in [2.24, 2.45) is 5.73 Å². The first-order chi connectivity index (χ1) is 8.62. The minimum absolute atomic E-state index is 0.0572. The summed E-state index contributed by atoms with van der Waals surface area (Å²) in [6.45, 7) is 8.27. The molecule has 0 spiro atoms. The third kappa shape index (κ3) is 4.58. The molecule has 18 heavy (non-hydrogen) atoms. The number of rotatable bonds is 7. The average Bonchev–Trinajstić information content (AvgIpc) is 2.39. The molecule has 0 atom stereocenters. The summed E-state index contributed by atoms with van der Waals surface area (Å²) in [5, 5.41) is 3.01. The molecule has 1 rings (SSSR count). The second-order valence-corrected chi connectivity index (χ2v) is 5.35. The van der Waals surface area contributed by atoms with Crippen molar-refractivity contribution in [3.63, 3.8) is 0 Å². The molecule has 0 saturated heterocycles. The van der Waals surface area contributed by atoms with Gasteiger partial charge in [0.25, 0.3) is 0 Å². The fourth-order valence-corrected chi connectivity index (χ4v) is 2.63. The highest BCUT2D eigenvalue weighted by molar-refractivity contribution is 5.86. The fourth-order valence-electron chi connectivity index (χ4n) is 2.63. The predicted octanol–water partition coefficient (Wildman–Crippen LogP) is 1.50. The van der Waals surface area contributed by atoms with Crippen LogP contribution in [-0.2, 0) is 4.79 Å². The van der Waals surface area contributed by atoms with Crippen LogP contribution in [0.25, 0.3) is 0 Å². The maximum atomic E-state index is 12.1. The monoisotopic (exact) mass is 255 g/mol. The quantitative estimate of drug-likeness (QED) is 0.678. The Kier molecular flexibility index (Phi) is 6.65. The van der Waals surface area contributed by atoms with Crippen LogP contribution in [0.15, 0.2) is 0 Å². The third-order valence-electron chi connectivity index (χ3n) is 4.03. The number of amides is 1. The molecule has 106 valence electrons. The average molecular weight is 255 g/mol. The van der Waals surface area contributed by atoms with E-state index in [4.69, 9.17) is 5.73 Å². The van der Waals surface area contributed by atoms with Crippen LogP contribution in [0.2, 0.25) is 0 Å². The number of nitrogens with two attached hydrogens (primary N) is 1. The van der Waals surface area contributed by atoms with Crippen LogP contribution in [-0.4, -0.2) is 42.5 Å². The van der Waals surface area contributed by atoms with Crippen LogP contribution in [0, 0.1) is 0 Å². The maximum Gasteiger partial charge on any atom is 0.240 e. The topological polar surface area (TPSA) is 58.4 Å². The fraction of sp³-hybridized carbons (Fsp3) is 0.929. The number of hydrogen-bond donors (Lipinski definition) is 2. The molecule has 0 aromatic carbocycles. The lowest BCUT2D eigenvalue weighted by Crippen LogP contribution is -2.55. The van der Waals surface area contributed by atoms with E-state index in [1.807, 2.05) is 0 Å². The van der Waals surface area contributed by atoms with Gasteiger partial charge in [-0.25, -0.2) is 0 Å². The molecule has 1 aliphatic carbocycles. The number of nitrogens with one attached hydrogen (secondary N) is 1. The van der Waals surface area contributed by atoms with Gasteiger partial charge in [0.2, 0.25) is 5.91 Å². The largest absolute Gasteiger partial charge is 0.354 e. The Bertz CT molecular complexity index is 245. The Balaban J connectivity index is 2.20. The molecule has 4 heteroatoms. The molecular formula is C14H29N3O. The molecule has 0 aromatic rings. The summed E-state index contributed by atoms with van der Waals surface area (Å²) in [6.07, 6.45) is 6.08. The van der Waals surface area contributed by atoms with Crippen LogP contribution in [0.1, 0.15) is 52.4 Å². The van der Waals surface area contributed by atoms with Gasteiger partial charge in [0, 0.05) is 6.54 Å². The summed E-state index contributed by atoms with van der Waals surface area (Å²) in [4.78, 5) is 14.4. The number of nitrogens with zero attached hydrogens (tertiary/aromatic N) is 1. The van der Waals surface area contributed by atoms with Crippen molar-refractivity contribution >= 4 is 5.91 Å². The Morgan fingerprint density at radius 1 is 1.22 bits per heavy atom.